The molecule has 0 spiro atoms. The maximum Gasteiger partial charge on any atom is 0.283 e. The summed E-state index contributed by atoms with van der Waals surface area (Å²) in [5.41, 5.74) is 2.47. The highest BCUT2D eigenvalue weighted by Gasteiger charge is 2.05. The predicted molar refractivity (Wildman–Crippen MR) is 79.5 cm³/mol. The Bertz CT molecular complexity index is 590. The Hall–Kier alpha value is -1.55. The average molecular weight is 274 g/mol. The molecule has 0 radical (unpaired) electrons. The molecule has 19 heavy (non-hydrogen) atoms. The second-order valence-corrected chi connectivity index (χ2v) is 5.47. The molecule has 3 nitrogen and oxygen atoms in total. The maximum atomic E-state index is 12.1. The van der Waals surface area contributed by atoms with Gasteiger partial charge in [-0.3, -0.25) is 4.79 Å². The van der Waals surface area contributed by atoms with Crippen LogP contribution in [0.2, 0.25) is 0 Å². The maximum absolute atomic E-state index is 12.1. The molecule has 100 valence electrons. The fourth-order valence-electron chi connectivity index (χ4n) is 1.78. The van der Waals surface area contributed by atoms with Gasteiger partial charge in [0.1, 0.15) is 0 Å². The number of nitrogens with zero attached hydrogens (tertiary/aromatic N) is 2. The van der Waals surface area contributed by atoms with Gasteiger partial charge in [-0.2, -0.15) is 0 Å². The first-order chi connectivity index (χ1) is 9.20. The molecule has 2 aromatic rings. The van der Waals surface area contributed by atoms with E-state index in [0.717, 1.165) is 18.7 Å². The van der Waals surface area contributed by atoms with Crippen LogP contribution in [0.5, 0.6) is 0 Å². The first-order valence-corrected chi connectivity index (χ1v) is 7.43. The van der Waals surface area contributed by atoms with Crippen molar-refractivity contribution in [1.82, 2.24) is 9.55 Å². The van der Waals surface area contributed by atoms with Crippen LogP contribution in [0.1, 0.15) is 24.5 Å². The smallest absolute Gasteiger partial charge is 0.283 e. The molecule has 1 aromatic heterocycles. The molecule has 0 amide bonds. The van der Waals surface area contributed by atoms with Gasteiger partial charge in [-0.25, -0.2) is 4.98 Å². The molecule has 1 aromatic carbocycles. The van der Waals surface area contributed by atoms with E-state index in [4.69, 9.17) is 0 Å². The molecule has 0 aliphatic heterocycles. The summed E-state index contributed by atoms with van der Waals surface area (Å²) in [5.74, 6) is 0.776. The van der Waals surface area contributed by atoms with Crippen LogP contribution < -0.4 is 5.56 Å². The van der Waals surface area contributed by atoms with Crippen LogP contribution in [0.25, 0.3) is 0 Å². The highest BCUT2D eigenvalue weighted by atomic mass is 32.2. The fourth-order valence-corrected chi connectivity index (χ4v) is 2.65. The lowest BCUT2D eigenvalue weighted by molar-refractivity contribution is 0.632. The van der Waals surface area contributed by atoms with E-state index in [1.807, 2.05) is 0 Å². The summed E-state index contributed by atoms with van der Waals surface area (Å²) in [6, 6.07) is 8.36. The quantitative estimate of drug-likeness (QED) is 0.785. The normalized spacial score (nSPS) is 10.6. The molecular formula is C15H18N2OS. The lowest BCUT2D eigenvalue weighted by Gasteiger charge is -2.05. The summed E-state index contributed by atoms with van der Waals surface area (Å²) in [6.45, 7) is 4.88. The molecule has 4 heteroatoms. The van der Waals surface area contributed by atoms with Crippen LogP contribution >= 0.6 is 11.8 Å². The Morgan fingerprint density at radius 3 is 2.68 bits per heavy atom. The van der Waals surface area contributed by atoms with Gasteiger partial charge in [-0.1, -0.05) is 48.5 Å². The zero-order valence-corrected chi connectivity index (χ0v) is 12.1. The zero-order valence-electron chi connectivity index (χ0n) is 11.3. The minimum absolute atomic E-state index is 0.0152. The van der Waals surface area contributed by atoms with Gasteiger partial charge in [-0.15, -0.1) is 0 Å². The van der Waals surface area contributed by atoms with Gasteiger partial charge in [0, 0.05) is 24.7 Å². The molecule has 0 saturated carbocycles. The van der Waals surface area contributed by atoms with Crippen molar-refractivity contribution in [2.24, 2.45) is 0 Å². The van der Waals surface area contributed by atoms with Crippen molar-refractivity contribution in [3.8, 4) is 0 Å². The van der Waals surface area contributed by atoms with Crippen molar-refractivity contribution in [3.63, 3.8) is 0 Å². The Kier molecular flexibility index (Phi) is 4.80. The van der Waals surface area contributed by atoms with Crippen molar-refractivity contribution < 1.29 is 0 Å². The van der Waals surface area contributed by atoms with Gasteiger partial charge in [0.25, 0.3) is 5.56 Å². The molecule has 0 unspecified atom stereocenters. The van der Waals surface area contributed by atoms with Crippen molar-refractivity contribution in [2.45, 2.75) is 37.6 Å². The van der Waals surface area contributed by atoms with Crippen LogP contribution in [0.3, 0.4) is 0 Å². The summed E-state index contributed by atoms with van der Waals surface area (Å²) in [6.07, 6.45) is 4.41. The Balaban J connectivity index is 2.09. The first kappa shape index (κ1) is 13.9. The Labute approximate surface area is 117 Å². The van der Waals surface area contributed by atoms with E-state index < -0.39 is 0 Å². The number of aromatic nitrogens is 2. The molecule has 0 saturated heterocycles. The van der Waals surface area contributed by atoms with Gasteiger partial charge in [0.15, 0.2) is 5.03 Å². The number of benzene rings is 1. The fraction of sp³-hybridized carbons (Fsp3) is 0.333. The second-order valence-electron chi connectivity index (χ2n) is 4.51. The van der Waals surface area contributed by atoms with Gasteiger partial charge in [0.05, 0.1) is 0 Å². The lowest BCUT2D eigenvalue weighted by Crippen LogP contribution is -2.21. The molecule has 0 N–H and O–H groups in total. The molecular weight excluding hydrogens is 256 g/mol. The summed E-state index contributed by atoms with van der Waals surface area (Å²) in [7, 11) is 0. The van der Waals surface area contributed by atoms with E-state index in [1.54, 1.807) is 17.0 Å². The molecule has 0 aliphatic carbocycles. The topological polar surface area (TPSA) is 34.9 Å². The minimum atomic E-state index is 0.0152. The predicted octanol–water partition coefficient (Wildman–Crippen LogP) is 3.25. The lowest BCUT2D eigenvalue weighted by atomic mass is 10.2. The molecule has 2 rings (SSSR count). The minimum Gasteiger partial charge on any atom is -0.312 e. The SMILES string of the molecule is CCCn1ccnc(SCc2ccc(C)cc2)c1=O. The molecule has 0 aliphatic rings. The number of hydrogen-bond acceptors (Lipinski definition) is 3. The van der Waals surface area contributed by atoms with E-state index in [9.17, 15) is 4.79 Å². The number of thioether (sulfide) groups is 1. The van der Waals surface area contributed by atoms with Gasteiger partial charge in [0.2, 0.25) is 0 Å². The van der Waals surface area contributed by atoms with E-state index in [2.05, 4.69) is 43.1 Å². The highest BCUT2D eigenvalue weighted by Crippen LogP contribution is 2.17. The standard InChI is InChI=1S/C15H18N2OS/c1-3-9-17-10-8-16-14(15(17)18)19-11-13-6-4-12(2)5-7-13/h4-8,10H,3,9,11H2,1-2H3. The van der Waals surface area contributed by atoms with E-state index in [-0.39, 0.29) is 5.56 Å². The van der Waals surface area contributed by atoms with Crippen LogP contribution in [-0.2, 0) is 12.3 Å². The van der Waals surface area contributed by atoms with Crippen LogP contribution in [0.15, 0.2) is 46.5 Å². The Morgan fingerprint density at radius 1 is 1.26 bits per heavy atom. The van der Waals surface area contributed by atoms with Crippen LogP contribution in [0.4, 0.5) is 0 Å². The van der Waals surface area contributed by atoms with Crippen molar-refractivity contribution in [3.05, 3.63) is 58.1 Å². The number of hydrogen-bond donors (Lipinski definition) is 0. The zero-order chi connectivity index (χ0) is 13.7. The van der Waals surface area contributed by atoms with E-state index >= 15 is 0 Å². The van der Waals surface area contributed by atoms with Crippen LogP contribution in [0, 0.1) is 6.92 Å². The van der Waals surface area contributed by atoms with E-state index in [0.29, 0.717) is 5.03 Å². The Morgan fingerprint density at radius 2 is 2.00 bits per heavy atom. The van der Waals surface area contributed by atoms with Crippen molar-refractivity contribution in [2.75, 3.05) is 0 Å². The molecule has 0 bridgehead atoms. The van der Waals surface area contributed by atoms with Gasteiger partial charge >= 0.3 is 0 Å². The molecule has 1 heterocycles. The van der Waals surface area contributed by atoms with Crippen molar-refractivity contribution >= 4 is 11.8 Å². The summed E-state index contributed by atoms with van der Waals surface area (Å²) in [5, 5.41) is 0.580. The second kappa shape index (κ2) is 6.57. The van der Waals surface area contributed by atoms with Gasteiger partial charge < -0.3 is 4.57 Å². The molecule has 0 atom stereocenters. The van der Waals surface area contributed by atoms with Crippen molar-refractivity contribution in [1.29, 1.82) is 0 Å². The molecule has 0 fully saturated rings. The summed E-state index contributed by atoms with van der Waals surface area (Å²) < 4.78 is 1.73. The largest absolute Gasteiger partial charge is 0.312 e. The third-order valence-electron chi connectivity index (χ3n) is 2.84. The number of rotatable bonds is 5. The summed E-state index contributed by atoms with van der Waals surface area (Å²) >= 11 is 1.50. The monoisotopic (exact) mass is 274 g/mol. The third kappa shape index (κ3) is 3.70. The average Bonchev–Trinajstić information content (AvgIpc) is 2.42. The van der Waals surface area contributed by atoms with Gasteiger partial charge in [-0.05, 0) is 18.9 Å². The highest BCUT2D eigenvalue weighted by molar-refractivity contribution is 7.98. The third-order valence-corrected chi connectivity index (χ3v) is 3.87. The van der Waals surface area contributed by atoms with Crippen LogP contribution in [-0.4, -0.2) is 9.55 Å². The first-order valence-electron chi connectivity index (χ1n) is 6.44. The number of aryl methyl sites for hydroxylation is 2. The summed E-state index contributed by atoms with van der Waals surface area (Å²) in [4.78, 5) is 16.3. The van der Waals surface area contributed by atoms with E-state index in [1.165, 1.54) is 22.9 Å².